The van der Waals surface area contributed by atoms with Crippen molar-refractivity contribution in [1.29, 1.82) is 0 Å². The molecule has 0 N–H and O–H groups in total. The molecule has 1 aliphatic rings. The van der Waals surface area contributed by atoms with Gasteiger partial charge >= 0.3 is 0 Å². The fourth-order valence-corrected chi connectivity index (χ4v) is 3.18. The largest absolute Gasteiger partial charge is 0.497 e. The third-order valence-electron chi connectivity index (χ3n) is 3.92. The van der Waals surface area contributed by atoms with Crippen LogP contribution in [0.5, 0.6) is 5.75 Å². The normalized spacial score (nSPS) is 22.9. The third-order valence-corrected chi connectivity index (χ3v) is 3.92. The highest BCUT2D eigenvalue weighted by molar-refractivity contribution is 5.74. The average molecular weight is 276 g/mol. The molecule has 1 aromatic carbocycles. The van der Waals surface area contributed by atoms with Crippen LogP contribution in [0.1, 0.15) is 26.3 Å². The van der Waals surface area contributed by atoms with Gasteiger partial charge in [-0.25, -0.2) is 0 Å². The maximum absolute atomic E-state index is 11.7. The van der Waals surface area contributed by atoms with Crippen molar-refractivity contribution in [2.75, 3.05) is 25.1 Å². The molecule has 110 valence electrons. The van der Waals surface area contributed by atoms with Gasteiger partial charge in [-0.2, -0.15) is 0 Å². The monoisotopic (exact) mass is 276 g/mol. The van der Waals surface area contributed by atoms with E-state index in [9.17, 15) is 4.79 Å². The Labute approximate surface area is 121 Å². The van der Waals surface area contributed by atoms with Crippen LogP contribution in [0.3, 0.4) is 0 Å². The Morgan fingerprint density at radius 3 is 2.30 bits per heavy atom. The summed E-state index contributed by atoms with van der Waals surface area (Å²) in [6.45, 7) is 9.66. The number of rotatable bonds is 2. The fourth-order valence-electron chi connectivity index (χ4n) is 3.18. The van der Waals surface area contributed by atoms with Crippen LogP contribution < -0.4 is 9.64 Å². The number of methoxy groups -OCH3 is 1. The first-order valence-electron chi connectivity index (χ1n) is 7.12. The Morgan fingerprint density at radius 1 is 1.20 bits per heavy atom. The molecule has 4 nitrogen and oxygen atoms in total. The van der Waals surface area contributed by atoms with Gasteiger partial charge in [-0.3, -0.25) is 4.79 Å². The Morgan fingerprint density at radius 2 is 1.80 bits per heavy atom. The zero-order valence-corrected chi connectivity index (χ0v) is 13.0. The van der Waals surface area contributed by atoms with E-state index in [2.05, 4.69) is 37.8 Å². The van der Waals surface area contributed by atoms with Gasteiger partial charge in [0.05, 0.1) is 7.11 Å². The van der Waals surface area contributed by atoms with E-state index in [1.807, 2.05) is 11.0 Å². The topological polar surface area (TPSA) is 32.8 Å². The lowest BCUT2D eigenvalue weighted by Gasteiger charge is -2.45. The molecule has 0 saturated carbocycles. The molecule has 1 aliphatic heterocycles. The summed E-state index contributed by atoms with van der Waals surface area (Å²) in [7, 11) is 1.69. The van der Waals surface area contributed by atoms with Crippen molar-refractivity contribution in [2.24, 2.45) is 0 Å². The molecular formula is C16H24N2O2. The Balaban J connectivity index is 2.23. The molecule has 1 aromatic rings. The Bertz CT molecular complexity index is 489. The molecule has 2 atom stereocenters. The zero-order chi connectivity index (χ0) is 14.9. The summed E-state index contributed by atoms with van der Waals surface area (Å²) in [5, 5.41) is 0. The minimum absolute atomic E-state index is 0.159. The van der Waals surface area contributed by atoms with Crippen LogP contribution >= 0.6 is 0 Å². The van der Waals surface area contributed by atoms with Crippen molar-refractivity contribution in [2.45, 2.75) is 39.8 Å². The SMILES string of the molecule is COc1cc(C)cc(N2C[C@@H](C)N(C(C)=O)[C@@H](C)C2)c1. The van der Waals surface area contributed by atoms with Crippen LogP contribution in [0.15, 0.2) is 18.2 Å². The van der Waals surface area contributed by atoms with Gasteiger partial charge in [0.2, 0.25) is 5.91 Å². The molecule has 2 rings (SSSR count). The number of aryl methyl sites for hydroxylation is 1. The minimum atomic E-state index is 0.159. The van der Waals surface area contributed by atoms with E-state index < -0.39 is 0 Å². The molecule has 0 unspecified atom stereocenters. The molecule has 1 fully saturated rings. The average Bonchev–Trinajstić information content (AvgIpc) is 2.36. The van der Waals surface area contributed by atoms with Gasteiger partial charge in [0, 0.05) is 43.9 Å². The number of carbonyl (C=O) groups is 1. The molecule has 0 spiro atoms. The van der Waals surface area contributed by atoms with Gasteiger partial charge in [0.25, 0.3) is 0 Å². The van der Waals surface area contributed by atoms with Crippen LogP contribution in [0.2, 0.25) is 0 Å². The lowest BCUT2D eigenvalue weighted by molar-refractivity contribution is -0.133. The third kappa shape index (κ3) is 2.89. The molecule has 0 bridgehead atoms. The predicted molar refractivity (Wildman–Crippen MR) is 81.4 cm³/mol. The first-order valence-corrected chi connectivity index (χ1v) is 7.12. The highest BCUT2D eigenvalue weighted by Crippen LogP contribution is 2.27. The van der Waals surface area contributed by atoms with Crippen LogP contribution in [-0.4, -0.2) is 43.1 Å². The van der Waals surface area contributed by atoms with Gasteiger partial charge < -0.3 is 14.5 Å². The van der Waals surface area contributed by atoms with Gasteiger partial charge in [-0.15, -0.1) is 0 Å². The number of nitrogens with zero attached hydrogens (tertiary/aromatic N) is 2. The molecule has 20 heavy (non-hydrogen) atoms. The fraction of sp³-hybridized carbons (Fsp3) is 0.562. The first kappa shape index (κ1) is 14.7. The number of anilines is 1. The van der Waals surface area contributed by atoms with E-state index in [1.54, 1.807) is 14.0 Å². The highest BCUT2D eigenvalue weighted by atomic mass is 16.5. The summed E-state index contributed by atoms with van der Waals surface area (Å²) in [6.07, 6.45) is 0. The van der Waals surface area contributed by atoms with E-state index in [-0.39, 0.29) is 18.0 Å². The van der Waals surface area contributed by atoms with Crippen molar-refractivity contribution in [1.82, 2.24) is 4.90 Å². The van der Waals surface area contributed by atoms with Crippen LogP contribution in [0.25, 0.3) is 0 Å². The molecule has 0 aromatic heterocycles. The maximum Gasteiger partial charge on any atom is 0.220 e. The highest BCUT2D eigenvalue weighted by Gasteiger charge is 2.31. The van der Waals surface area contributed by atoms with Crippen molar-refractivity contribution in [3.05, 3.63) is 23.8 Å². The summed E-state index contributed by atoms with van der Waals surface area (Å²) < 4.78 is 5.35. The molecule has 4 heteroatoms. The van der Waals surface area contributed by atoms with Crippen molar-refractivity contribution >= 4 is 11.6 Å². The quantitative estimate of drug-likeness (QED) is 0.832. The Hall–Kier alpha value is -1.71. The summed E-state index contributed by atoms with van der Waals surface area (Å²) in [5.41, 5.74) is 2.36. The number of benzene rings is 1. The van der Waals surface area contributed by atoms with Crippen LogP contribution in [0.4, 0.5) is 5.69 Å². The van der Waals surface area contributed by atoms with Crippen LogP contribution in [0, 0.1) is 6.92 Å². The van der Waals surface area contributed by atoms with Crippen molar-refractivity contribution in [3.8, 4) is 5.75 Å². The number of piperazine rings is 1. The van der Waals surface area contributed by atoms with E-state index in [1.165, 1.54) is 11.3 Å². The second kappa shape index (κ2) is 5.73. The van der Waals surface area contributed by atoms with Gasteiger partial charge in [-0.05, 0) is 38.5 Å². The smallest absolute Gasteiger partial charge is 0.220 e. The number of hydrogen-bond acceptors (Lipinski definition) is 3. The lowest BCUT2D eigenvalue weighted by Crippen LogP contribution is -2.58. The van der Waals surface area contributed by atoms with E-state index >= 15 is 0 Å². The molecule has 0 aliphatic carbocycles. The second-order valence-corrected chi connectivity index (χ2v) is 5.74. The Kier molecular flexibility index (Phi) is 4.21. The van der Waals surface area contributed by atoms with E-state index in [0.717, 1.165) is 18.8 Å². The molecule has 0 radical (unpaired) electrons. The standard InChI is InChI=1S/C16H24N2O2/c1-11-6-15(8-16(7-11)20-5)17-9-12(2)18(14(4)19)13(3)10-17/h6-8,12-13H,9-10H2,1-5H3/t12-,13+. The molecule has 1 heterocycles. The van der Waals surface area contributed by atoms with Gasteiger partial charge in [0.1, 0.15) is 5.75 Å². The second-order valence-electron chi connectivity index (χ2n) is 5.74. The van der Waals surface area contributed by atoms with Gasteiger partial charge in [0.15, 0.2) is 0 Å². The summed E-state index contributed by atoms with van der Waals surface area (Å²) in [5.74, 6) is 1.04. The maximum atomic E-state index is 11.7. The summed E-state index contributed by atoms with van der Waals surface area (Å²) in [6, 6.07) is 6.72. The molecule has 1 amide bonds. The van der Waals surface area contributed by atoms with Crippen molar-refractivity contribution in [3.63, 3.8) is 0 Å². The molecule has 1 saturated heterocycles. The van der Waals surface area contributed by atoms with Crippen molar-refractivity contribution < 1.29 is 9.53 Å². The summed E-state index contributed by atoms with van der Waals surface area (Å²) in [4.78, 5) is 16.0. The van der Waals surface area contributed by atoms with Gasteiger partial charge in [-0.1, -0.05) is 0 Å². The lowest BCUT2D eigenvalue weighted by atomic mass is 10.1. The number of amides is 1. The number of hydrogen-bond donors (Lipinski definition) is 0. The predicted octanol–water partition coefficient (Wildman–Crippen LogP) is 2.45. The zero-order valence-electron chi connectivity index (χ0n) is 13.0. The number of ether oxygens (including phenoxy) is 1. The summed E-state index contributed by atoms with van der Waals surface area (Å²) >= 11 is 0. The number of carbonyl (C=O) groups excluding carboxylic acids is 1. The van der Waals surface area contributed by atoms with E-state index in [4.69, 9.17) is 4.74 Å². The van der Waals surface area contributed by atoms with Crippen LogP contribution in [-0.2, 0) is 4.79 Å². The first-order chi connectivity index (χ1) is 9.42. The van der Waals surface area contributed by atoms with E-state index in [0.29, 0.717) is 0 Å². The molecular weight excluding hydrogens is 252 g/mol. The minimum Gasteiger partial charge on any atom is -0.497 e.